The molecule has 1 N–H and O–H groups in total. The molecule has 0 saturated heterocycles. The first-order chi connectivity index (χ1) is 29.5. The van der Waals surface area contributed by atoms with E-state index < -0.39 is 26.5 Å². The van der Waals surface area contributed by atoms with Crippen molar-refractivity contribution in [1.82, 2.24) is 0 Å². The van der Waals surface area contributed by atoms with Crippen LogP contribution in [0.15, 0.2) is 72.9 Å². The van der Waals surface area contributed by atoms with E-state index in [2.05, 4.69) is 86.8 Å². The summed E-state index contributed by atoms with van der Waals surface area (Å²) in [4.78, 5) is 35.5. The van der Waals surface area contributed by atoms with Crippen molar-refractivity contribution in [1.29, 1.82) is 0 Å². The maximum absolute atomic E-state index is 12.7. The molecule has 10 heteroatoms. The third-order valence-electron chi connectivity index (χ3n) is 10.0. The summed E-state index contributed by atoms with van der Waals surface area (Å²) >= 11 is 0. The van der Waals surface area contributed by atoms with Crippen LogP contribution in [0.5, 0.6) is 0 Å². The second-order valence-corrected chi connectivity index (χ2v) is 18.6. The Morgan fingerprint density at radius 2 is 0.934 bits per heavy atom. The lowest BCUT2D eigenvalue weighted by molar-refractivity contribution is -0.870. The fourth-order valence-corrected chi connectivity index (χ4v) is 6.99. The zero-order chi connectivity index (χ0) is 45.0. The smallest absolute Gasteiger partial charge is 0.462 e. The van der Waals surface area contributed by atoms with Gasteiger partial charge in [0.25, 0.3) is 0 Å². The highest BCUT2D eigenvalue weighted by Gasteiger charge is 2.27. The first-order valence-corrected chi connectivity index (χ1v) is 25.7. The molecular weight excluding hydrogens is 786 g/mol. The van der Waals surface area contributed by atoms with Crippen LogP contribution in [0.25, 0.3) is 0 Å². The Labute approximate surface area is 374 Å². The molecule has 0 aromatic carbocycles. The van der Waals surface area contributed by atoms with Crippen LogP contribution in [0.4, 0.5) is 0 Å². The van der Waals surface area contributed by atoms with Crippen molar-refractivity contribution < 1.29 is 42.1 Å². The van der Waals surface area contributed by atoms with Crippen LogP contribution >= 0.6 is 7.82 Å². The summed E-state index contributed by atoms with van der Waals surface area (Å²) in [7, 11) is 1.45. The van der Waals surface area contributed by atoms with Gasteiger partial charge >= 0.3 is 19.8 Å². The van der Waals surface area contributed by atoms with Crippen LogP contribution in [0.3, 0.4) is 0 Å². The van der Waals surface area contributed by atoms with Crippen molar-refractivity contribution in [2.24, 2.45) is 0 Å². The largest absolute Gasteiger partial charge is 0.472 e. The fourth-order valence-electron chi connectivity index (χ4n) is 6.25. The van der Waals surface area contributed by atoms with E-state index >= 15 is 0 Å². The molecule has 0 spiro atoms. The molecule has 0 radical (unpaired) electrons. The maximum atomic E-state index is 12.7. The molecular formula is C51H91NO8P+. The Kier molecular flexibility index (Phi) is 40.9. The minimum atomic E-state index is -4.39. The maximum Gasteiger partial charge on any atom is 0.472 e. The quantitative estimate of drug-likeness (QED) is 0.0212. The molecule has 0 amide bonds. The van der Waals surface area contributed by atoms with Crippen molar-refractivity contribution in [3.63, 3.8) is 0 Å². The van der Waals surface area contributed by atoms with Gasteiger partial charge in [0.05, 0.1) is 27.7 Å². The topological polar surface area (TPSA) is 108 Å². The van der Waals surface area contributed by atoms with Crippen LogP contribution in [-0.4, -0.2) is 74.9 Å². The van der Waals surface area contributed by atoms with Gasteiger partial charge in [-0.1, -0.05) is 183 Å². The van der Waals surface area contributed by atoms with Gasteiger partial charge in [-0.3, -0.25) is 18.6 Å². The van der Waals surface area contributed by atoms with Crippen molar-refractivity contribution >= 4 is 19.8 Å². The van der Waals surface area contributed by atoms with Crippen LogP contribution in [-0.2, 0) is 32.7 Å². The summed E-state index contributed by atoms with van der Waals surface area (Å²) in [6.07, 6.45) is 53.8. The van der Waals surface area contributed by atoms with Gasteiger partial charge in [0.2, 0.25) is 0 Å². The Morgan fingerprint density at radius 1 is 0.525 bits per heavy atom. The summed E-state index contributed by atoms with van der Waals surface area (Å²) in [6.45, 7) is 4.28. The van der Waals surface area contributed by atoms with Crippen molar-refractivity contribution in [2.75, 3.05) is 47.5 Å². The number of allylic oxidation sites excluding steroid dienone is 12. The highest BCUT2D eigenvalue weighted by Crippen LogP contribution is 2.43. The van der Waals surface area contributed by atoms with E-state index in [1.54, 1.807) is 0 Å². The van der Waals surface area contributed by atoms with E-state index in [0.717, 1.165) is 83.5 Å². The molecule has 0 heterocycles. The van der Waals surface area contributed by atoms with E-state index in [-0.39, 0.29) is 32.0 Å². The van der Waals surface area contributed by atoms with E-state index in [0.29, 0.717) is 17.4 Å². The predicted molar refractivity (Wildman–Crippen MR) is 256 cm³/mol. The monoisotopic (exact) mass is 877 g/mol. The van der Waals surface area contributed by atoms with Crippen molar-refractivity contribution in [2.45, 2.75) is 193 Å². The van der Waals surface area contributed by atoms with E-state index in [1.165, 1.54) is 70.6 Å². The Morgan fingerprint density at radius 3 is 1.39 bits per heavy atom. The second kappa shape index (κ2) is 42.7. The van der Waals surface area contributed by atoms with Gasteiger partial charge in [-0.05, 0) is 64.2 Å². The number of hydrogen-bond donors (Lipinski definition) is 1. The summed E-state index contributed by atoms with van der Waals surface area (Å²) in [5, 5.41) is 0. The highest BCUT2D eigenvalue weighted by molar-refractivity contribution is 7.47. The SMILES string of the molecule is CC/C=C\C/C=C\C/C=C\C/C=C\C/C=C\C/C=C\CCCCCCC(=O)OC(COC(=O)CCCCCCCCCCCCCCCC)COP(=O)(O)OCC[N+](C)(C)C. The van der Waals surface area contributed by atoms with Gasteiger partial charge in [0.15, 0.2) is 6.10 Å². The summed E-state index contributed by atoms with van der Waals surface area (Å²) in [5.41, 5.74) is 0. The van der Waals surface area contributed by atoms with Gasteiger partial charge in [0.1, 0.15) is 19.8 Å². The standard InChI is InChI=1S/C51H90NO8P/c1-6-8-10-12-14-16-18-20-22-23-24-25-26-27-28-29-30-32-34-36-38-40-42-44-51(54)60-49(48-59-61(55,56)58-46-45-52(3,4)5)47-57-50(53)43-41-39-37-35-33-31-21-19-17-15-13-11-9-7-2/h8,10,14,16,20,22,24-25,27-28,30,32,49H,6-7,9,11-13,15,17-19,21,23,26,29,31,33-48H2,1-5H3/p+1/b10-8-,16-14-,22-20-,25-24-,28-27-,32-30-. The highest BCUT2D eigenvalue weighted by atomic mass is 31.2. The predicted octanol–water partition coefficient (Wildman–Crippen LogP) is 14.2. The molecule has 0 saturated carbocycles. The number of ether oxygens (including phenoxy) is 2. The number of unbranched alkanes of at least 4 members (excludes halogenated alkanes) is 17. The third-order valence-corrected chi connectivity index (χ3v) is 11.0. The zero-order valence-corrected chi connectivity index (χ0v) is 40.5. The lowest BCUT2D eigenvalue weighted by Gasteiger charge is -2.24. The molecule has 0 rings (SSSR count). The number of likely N-dealkylation sites (N-methyl/N-ethyl adjacent to an activating group) is 1. The van der Waals surface area contributed by atoms with Crippen LogP contribution in [0, 0.1) is 0 Å². The molecule has 352 valence electrons. The van der Waals surface area contributed by atoms with Gasteiger partial charge in [-0.2, -0.15) is 0 Å². The number of hydrogen-bond acceptors (Lipinski definition) is 7. The average molecular weight is 877 g/mol. The third kappa shape index (κ3) is 46.8. The van der Waals surface area contributed by atoms with Gasteiger partial charge < -0.3 is 18.9 Å². The van der Waals surface area contributed by atoms with Gasteiger partial charge in [-0.25, -0.2) is 4.57 Å². The van der Waals surface area contributed by atoms with Crippen LogP contribution < -0.4 is 0 Å². The lowest BCUT2D eigenvalue weighted by atomic mass is 10.0. The number of phosphoric ester groups is 1. The van der Waals surface area contributed by atoms with Crippen LogP contribution in [0.1, 0.15) is 187 Å². The Balaban J connectivity index is 4.36. The molecule has 0 aromatic rings. The molecule has 0 fully saturated rings. The van der Waals surface area contributed by atoms with Crippen molar-refractivity contribution in [3.05, 3.63) is 72.9 Å². The normalized spacial score (nSPS) is 14.1. The van der Waals surface area contributed by atoms with Crippen molar-refractivity contribution in [3.8, 4) is 0 Å². The van der Waals surface area contributed by atoms with E-state index in [1.807, 2.05) is 21.1 Å². The summed E-state index contributed by atoms with van der Waals surface area (Å²) < 4.78 is 34.4. The zero-order valence-electron chi connectivity index (χ0n) is 39.6. The van der Waals surface area contributed by atoms with Crippen LogP contribution in [0.2, 0.25) is 0 Å². The fraction of sp³-hybridized carbons (Fsp3) is 0.725. The second-order valence-electron chi connectivity index (χ2n) is 17.1. The number of nitrogens with zero attached hydrogens (tertiary/aromatic N) is 1. The number of rotatable bonds is 43. The molecule has 0 aliphatic carbocycles. The molecule has 0 aliphatic rings. The Bertz CT molecular complexity index is 1270. The first kappa shape index (κ1) is 58.5. The number of quaternary nitrogens is 1. The lowest BCUT2D eigenvalue weighted by Crippen LogP contribution is -2.37. The minimum Gasteiger partial charge on any atom is -0.462 e. The van der Waals surface area contributed by atoms with E-state index in [4.69, 9.17) is 18.5 Å². The first-order valence-electron chi connectivity index (χ1n) is 24.2. The minimum absolute atomic E-state index is 0.0238. The summed E-state index contributed by atoms with van der Waals surface area (Å²) in [6, 6.07) is 0. The van der Waals surface area contributed by atoms with Gasteiger partial charge in [0, 0.05) is 12.8 Å². The number of carbonyl (C=O) groups is 2. The van der Waals surface area contributed by atoms with E-state index in [9.17, 15) is 19.0 Å². The number of esters is 2. The van der Waals surface area contributed by atoms with Gasteiger partial charge in [-0.15, -0.1) is 0 Å². The number of phosphoric acid groups is 1. The summed E-state index contributed by atoms with van der Waals surface area (Å²) in [5.74, 6) is -0.828. The molecule has 0 aromatic heterocycles. The molecule has 0 bridgehead atoms. The molecule has 9 nitrogen and oxygen atoms in total. The Hall–Kier alpha value is -2.55. The molecule has 2 atom stereocenters. The number of carbonyl (C=O) groups excluding carboxylic acids is 2. The molecule has 61 heavy (non-hydrogen) atoms. The molecule has 0 aliphatic heterocycles. The average Bonchev–Trinajstić information content (AvgIpc) is 3.21. The molecule has 2 unspecified atom stereocenters.